The van der Waals surface area contributed by atoms with E-state index in [4.69, 9.17) is 9.47 Å². The molecule has 0 unspecified atom stereocenters. The molecule has 140 valence electrons. The van der Waals surface area contributed by atoms with Gasteiger partial charge in [0.2, 0.25) is 0 Å². The van der Waals surface area contributed by atoms with E-state index in [0.29, 0.717) is 17.7 Å². The second kappa shape index (κ2) is 7.61. The molecule has 1 aromatic heterocycles. The first-order chi connectivity index (χ1) is 13.7. The second-order valence-electron chi connectivity index (χ2n) is 6.41. The second-order valence-corrected chi connectivity index (χ2v) is 6.41. The smallest absolute Gasteiger partial charge is 0.190 e. The molecule has 4 rings (SSSR count). The molecule has 4 nitrogen and oxygen atoms in total. The minimum atomic E-state index is -0.0276. The van der Waals surface area contributed by atoms with Gasteiger partial charge in [0.05, 0.1) is 24.9 Å². The highest BCUT2D eigenvalue weighted by Crippen LogP contribution is 2.29. The van der Waals surface area contributed by atoms with Crippen LogP contribution in [-0.4, -0.2) is 18.3 Å². The molecule has 0 saturated carbocycles. The molecule has 0 fully saturated rings. The van der Waals surface area contributed by atoms with Gasteiger partial charge in [0.25, 0.3) is 0 Å². The van der Waals surface area contributed by atoms with Crippen molar-refractivity contribution in [1.82, 2.24) is 4.57 Å². The molecule has 3 aromatic carbocycles. The Kier molecular flexibility index (Phi) is 4.85. The highest BCUT2D eigenvalue weighted by Gasteiger charge is 2.13. The molecular formula is C24H21NO3. The third kappa shape index (κ3) is 3.25. The van der Waals surface area contributed by atoms with Gasteiger partial charge in [0, 0.05) is 17.1 Å². The fraction of sp³-hybridized carbons (Fsp3) is 0.125. The molecule has 4 heteroatoms. The number of rotatable bonds is 5. The number of hydrogen-bond donors (Lipinski definition) is 0. The molecule has 28 heavy (non-hydrogen) atoms. The van der Waals surface area contributed by atoms with Crippen LogP contribution in [0.1, 0.15) is 6.92 Å². The van der Waals surface area contributed by atoms with E-state index in [0.717, 1.165) is 28.2 Å². The number of hydrogen-bond acceptors (Lipinski definition) is 3. The SMILES string of the molecule is CCOc1ccc2c(c1)c(=O)cc(-c1ccccc1)n2-c1ccc(OC)cc1. The Labute approximate surface area is 163 Å². The fourth-order valence-corrected chi connectivity index (χ4v) is 3.39. The first kappa shape index (κ1) is 17.9. The van der Waals surface area contributed by atoms with E-state index < -0.39 is 0 Å². The van der Waals surface area contributed by atoms with Crippen molar-refractivity contribution in [2.24, 2.45) is 0 Å². The van der Waals surface area contributed by atoms with Crippen molar-refractivity contribution in [1.29, 1.82) is 0 Å². The van der Waals surface area contributed by atoms with Crippen molar-refractivity contribution in [2.45, 2.75) is 6.92 Å². The molecule has 0 aliphatic carbocycles. The van der Waals surface area contributed by atoms with Crippen LogP contribution in [0.25, 0.3) is 27.8 Å². The maximum absolute atomic E-state index is 12.9. The van der Waals surface area contributed by atoms with Crippen molar-refractivity contribution in [3.05, 3.63) is 89.1 Å². The van der Waals surface area contributed by atoms with Gasteiger partial charge in [0.1, 0.15) is 11.5 Å². The molecule has 0 aliphatic rings. The van der Waals surface area contributed by atoms with Crippen molar-refractivity contribution >= 4 is 10.9 Å². The molecule has 0 N–H and O–H groups in total. The highest BCUT2D eigenvalue weighted by molar-refractivity contribution is 5.86. The summed E-state index contributed by atoms with van der Waals surface area (Å²) in [6, 6.07) is 25.1. The van der Waals surface area contributed by atoms with Gasteiger partial charge in [-0.25, -0.2) is 0 Å². The van der Waals surface area contributed by atoms with Crippen LogP contribution in [0.4, 0.5) is 0 Å². The van der Waals surface area contributed by atoms with Gasteiger partial charge in [-0.3, -0.25) is 4.79 Å². The van der Waals surface area contributed by atoms with Crippen LogP contribution >= 0.6 is 0 Å². The van der Waals surface area contributed by atoms with Gasteiger partial charge < -0.3 is 14.0 Å². The Morgan fingerprint density at radius 3 is 2.25 bits per heavy atom. The summed E-state index contributed by atoms with van der Waals surface area (Å²) in [5.74, 6) is 1.48. The summed E-state index contributed by atoms with van der Waals surface area (Å²) in [5.41, 5.74) is 3.58. The summed E-state index contributed by atoms with van der Waals surface area (Å²) < 4.78 is 13.0. The fourth-order valence-electron chi connectivity index (χ4n) is 3.39. The van der Waals surface area contributed by atoms with Crippen LogP contribution in [0, 0.1) is 0 Å². The molecular weight excluding hydrogens is 350 g/mol. The van der Waals surface area contributed by atoms with Crippen molar-refractivity contribution in [3.63, 3.8) is 0 Å². The van der Waals surface area contributed by atoms with Crippen LogP contribution in [-0.2, 0) is 0 Å². The minimum absolute atomic E-state index is 0.0276. The number of benzene rings is 3. The van der Waals surface area contributed by atoms with Crippen molar-refractivity contribution in [3.8, 4) is 28.4 Å². The lowest BCUT2D eigenvalue weighted by molar-refractivity contribution is 0.340. The largest absolute Gasteiger partial charge is 0.497 e. The lowest BCUT2D eigenvalue weighted by Gasteiger charge is -2.18. The Bertz CT molecular complexity index is 1160. The van der Waals surface area contributed by atoms with E-state index in [1.165, 1.54) is 0 Å². The lowest BCUT2D eigenvalue weighted by Crippen LogP contribution is -2.11. The number of ether oxygens (including phenoxy) is 2. The normalized spacial score (nSPS) is 10.8. The monoisotopic (exact) mass is 371 g/mol. The number of nitrogens with zero attached hydrogens (tertiary/aromatic N) is 1. The summed E-state index contributed by atoms with van der Waals surface area (Å²) in [4.78, 5) is 12.9. The highest BCUT2D eigenvalue weighted by atomic mass is 16.5. The van der Waals surface area contributed by atoms with Crippen LogP contribution in [0.5, 0.6) is 11.5 Å². The van der Waals surface area contributed by atoms with Gasteiger partial charge in [0.15, 0.2) is 5.43 Å². The zero-order valence-corrected chi connectivity index (χ0v) is 15.9. The van der Waals surface area contributed by atoms with Crippen molar-refractivity contribution < 1.29 is 9.47 Å². The van der Waals surface area contributed by atoms with Crippen molar-refractivity contribution in [2.75, 3.05) is 13.7 Å². The summed E-state index contributed by atoms with van der Waals surface area (Å²) >= 11 is 0. The van der Waals surface area contributed by atoms with Crippen LogP contribution < -0.4 is 14.9 Å². The molecule has 0 spiro atoms. The minimum Gasteiger partial charge on any atom is -0.497 e. The zero-order valence-electron chi connectivity index (χ0n) is 15.9. The number of aromatic nitrogens is 1. The molecule has 0 aliphatic heterocycles. The van der Waals surface area contributed by atoms with E-state index in [-0.39, 0.29) is 5.43 Å². The molecule has 0 radical (unpaired) electrons. The first-order valence-corrected chi connectivity index (χ1v) is 9.23. The van der Waals surface area contributed by atoms with Gasteiger partial charge in [-0.1, -0.05) is 30.3 Å². The number of methoxy groups -OCH3 is 1. The summed E-state index contributed by atoms with van der Waals surface area (Å²) in [6.45, 7) is 2.48. The number of fused-ring (bicyclic) bond motifs is 1. The predicted octanol–water partition coefficient (Wildman–Crippen LogP) is 5.07. The van der Waals surface area contributed by atoms with E-state index in [1.54, 1.807) is 13.2 Å². The van der Waals surface area contributed by atoms with Gasteiger partial charge in [-0.15, -0.1) is 0 Å². The summed E-state index contributed by atoms with van der Waals surface area (Å²) in [5, 5.41) is 0.626. The van der Waals surface area contributed by atoms with Gasteiger partial charge in [-0.2, -0.15) is 0 Å². The molecule has 0 bridgehead atoms. The average Bonchev–Trinajstić information content (AvgIpc) is 2.75. The van der Waals surface area contributed by atoms with Gasteiger partial charge >= 0.3 is 0 Å². The average molecular weight is 371 g/mol. The van der Waals surface area contributed by atoms with E-state index in [9.17, 15) is 4.79 Å². The summed E-state index contributed by atoms with van der Waals surface area (Å²) in [6.07, 6.45) is 0. The van der Waals surface area contributed by atoms with Crippen LogP contribution in [0.15, 0.2) is 83.7 Å². The molecule has 0 saturated heterocycles. The quantitative estimate of drug-likeness (QED) is 0.492. The van der Waals surface area contributed by atoms with Crippen LogP contribution in [0.2, 0.25) is 0 Å². The molecule has 0 atom stereocenters. The Balaban J connectivity index is 2.04. The Hall–Kier alpha value is -3.53. The van der Waals surface area contributed by atoms with E-state index >= 15 is 0 Å². The summed E-state index contributed by atoms with van der Waals surface area (Å²) in [7, 11) is 1.65. The standard InChI is InChI=1S/C24H21NO3/c1-3-28-20-13-14-22-21(15-20)24(26)16-23(17-7-5-4-6-8-17)25(22)18-9-11-19(27-2)12-10-18/h4-16H,3H2,1-2H3. The zero-order chi connectivity index (χ0) is 19.5. The number of pyridine rings is 1. The van der Waals surface area contributed by atoms with E-state index in [1.807, 2.05) is 79.7 Å². The Morgan fingerprint density at radius 1 is 0.857 bits per heavy atom. The maximum Gasteiger partial charge on any atom is 0.190 e. The third-order valence-electron chi connectivity index (χ3n) is 4.69. The molecule has 0 amide bonds. The first-order valence-electron chi connectivity index (χ1n) is 9.23. The topological polar surface area (TPSA) is 40.5 Å². The Morgan fingerprint density at radius 2 is 1.57 bits per heavy atom. The molecule has 1 heterocycles. The predicted molar refractivity (Wildman–Crippen MR) is 113 cm³/mol. The van der Waals surface area contributed by atoms with Crippen LogP contribution in [0.3, 0.4) is 0 Å². The molecule has 4 aromatic rings. The lowest BCUT2D eigenvalue weighted by atomic mass is 10.1. The van der Waals surface area contributed by atoms with E-state index in [2.05, 4.69) is 4.57 Å². The third-order valence-corrected chi connectivity index (χ3v) is 4.69. The maximum atomic E-state index is 12.9. The van der Waals surface area contributed by atoms with Gasteiger partial charge in [-0.05, 0) is 55.0 Å².